The molecule has 8 aromatic heterocycles. The van der Waals surface area contributed by atoms with Crippen LogP contribution in [0.3, 0.4) is 0 Å². The molecule has 0 unspecified atom stereocenters. The highest BCUT2D eigenvalue weighted by Gasteiger charge is 2.36. The fraction of sp³-hybridized carbons (Fsp3) is 0.291. The van der Waals surface area contributed by atoms with Gasteiger partial charge < -0.3 is 52.4 Å². The number of carbonyl (C=O) groups excluding carboxylic acids is 5. The normalized spacial score (nSPS) is 15.9. The summed E-state index contributed by atoms with van der Waals surface area (Å²) in [5.41, 5.74) is 31.0. The number of benzene rings is 8. The SMILES string of the molecule is CC(=O)N1CCN(Cc2c(-c3ccc(Cl)cc3)nc3ccc(C4CC4)cn23)CC1.COc1cccc(-c2nc3ccc(-c4ccccc4C#N)cn3c2CN2CCN(C(=O)C3CCC3)CC2)c1.COc1cccc(-c2nc3ccc(-c4ccccc4C(N)=O)cn3c2CN2CCN(C(=O)C3CCC3)CC2)c1.N#Cc1cccc(C(=O)N2CCN(Cc3c(-c4ccc(Cl)cc4)nc4ccc(-c5ccccc5)cn34)CC2)c1. The Morgan fingerprint density at radius 2 is 0.752 bits per heavy atom. The summed E-state index contributed by atoms with van der Waals surface area (Å²) in [6.07, 6.45) is 17.6. The average Bonchev–Trinajstić information content (AvgIpc) is 1.63. The van der Waals surface area contributed by atoms with E-state index >= 15 is 0 Å². The van der Waals surface area contributed by atoms with E-state index in [2.05, 4.69) is 115 Å². The quantitative estimate of drug-likeness (QED) is 0.0660. The summed E-state index contributed by atoms with van der Waals surface area (Å²) in [7, 11) is 3.34. The molecule has 8 aromatic carbocycles. The molecule has 5 amide bonds. The van der Waals surface area contributed by atoms with E-state index in [4.69, 9.17) is 58.3 Å². The Labute approximate surface area is 853 Å². The van der Waals surface area contributed by atoms with Crippen molar-refractivity contribution in [3.05, 3.63) is 334 Å². The smallest absolute Gasteiger partial charge is 0.253 e. The number of nitrogens with two attached hydrogens (primary N) is 1. The third-order valence-electron chi connectivity index (χ3n) is 29.3. The van der Waals surface area contributed by atoms with Crippen molar-refractivity contribution in [3.63, 3.8) is 0 Å². The first-order valence-electron chi connectivity index (χ1n) is 50.1. The highest BCUT2D eigenvalue weighted by Crippen LogP contribution is 2.43. The van der Waals surface area contributed by atoms with Gasteiger partial charge in [0.25, 0.3) is 5.91 Å². The standard InChI is InChI=1S/C32H26ClN5O.C31H33N5O3.C31H31N5O2.C23H25ClN4O/c33-28-12-9-25(10-13-28)31-29(38-21-27(11-14-30(38)35-31)24-6-2-1-3-7-24)22-36-15-17-37(18-16-36)32(39)26-8-4-5-23(19-26)20-34;1-39-24-9-5-8-22(18-24)29-27(20-34-14-16-35(17-15-34)31(38)21-6-4-7-21)36-19-23(12-13-28(36)33-29)25-10-2-3-11-26(25)30(32)37;1-38-26-10-5-9-23(18-26)30-28(21-34-14-16-35(17-15-34)31(37)22-7-4-8-22)36-20-25(12-13-29(36)33-30)27-11-3-2-6-24(27)19-32;1-16(29)27-12-10-26(11-13-27)15-21-23(18-4-7-20(24)8-5-18)25-22-9-6-19(14-28(21)22)17-2-3-17/h1-14,19,21H,15-18,22H2;2-3,5,8-13,18-19,21H,4,6-7,14-17,20H2,1H3,(H2,32,37);2-3,5-6,9-13,18,20,22H,4,7-8,14-17,21H2,1H3;4-9,14,17H,2-3,10-13,15H2,1H3. The monoisotopic (exact) mass is 1970 g/mol. The number of hydrogen-bond donors (Lipinski definition) is 1. The first kappa shape index (κ1) is 97.3. The van der Waals surface area contributed by atoms with E-state index in [1.807, 2.05) is 197 Å². The van der Waals surface area contributed by atoms with Crippen LogP contribution in [-0.4, -0.2) is 225 Å². The minimum absolute atomic E-state index is 0.0316. The van der Waals surface area contributed by atoms with Crippen molar-refractivity contribution in [3.8, 4) is 102 Å². The molecule has 734 valence electrons. The molecule has 0 radical (unpaired) electrons. The molecule has 4 aliphatic heterocycles. The Hall–Kier alpha value is -15.1. The second-order valence-electron chi connectivity index (χ2n) is 38.4. The van der Waals surface area contributed by atoms with Crippen LogP contribution in [0.25, 0.3) is 101 Å². The van der Waals surface area contributed by atoms with Gasteiger partial charge in [0.15, 0.2) is 0 Å². The van der Waals surface area contributed by atoms with E-state index in [0.717, 1.165) is 258 Å². The molecule has 145 heavy (non-hydrogen) atoms. The lowest BCUT2D eigenvalue weighted by Crippen LogP contribution is -2.50. The van der Waals surface area contributed by atoms with Crippen molar-refractivity contribution >= 4 is 75.3 Å². The zero-order valence-electron chi connectivity index (χ0n) is 81.8. The number of primary amides is 1. The van der Waals surface area contributed by atoms with E-state index in [0.29, 0.717) is 77.7 Å². The molecular weight excluding hydrogens is 1850 g/mol. The molecule has 26 nitrogen and oxygen atoms in total. The predicted molar refractivity (Wildman–Crippen MR) is 565 cm³/mol. The van der Waals surface area contributed by atoms with Gasteiger partial charge in [-0.3, -0.25) is 43.6 Å². The van der Waals surface area contributed by atoms with Crippen LogP contribution in [0.15, 0.2) is 274 Å². The molecule has 0 spiro atoms. The molecule has 23 rings (SSSR count). The molecule has 4 saturated heterocycles. The van der Waals surface area contributed by atoms with Crippen LogP contribution in [0.2, 0.25) is 10.0 Å². The summed E-state index contributed by atoms with van der Waals surface area (Å²) < 4.78 is 19.7. The number of halogens is 2. The summed E-state index contributed by atoms with van der Waals surface area (Å²) >= 11 is 12.3. The van der Waals surface area contributed by atoms with Crippen LogP contribution < -0.4 is 15.2 Å². The van der Waals surface area contributed by atoms with E-state index in [1.165, 1.54) is 36.9 Å². The number of aromatic nitrogens is 8. The fourth-order valence-corrected chi connectivity index (χ4v) is 20.6. The fourth-order valence-electron chi connectivity index (χ4n) is 20.4. The summed E-state index contributed by atoms with van der Waals surface area (Å²) in [5.74, 6) is 3.08. The van der Waals surface area contributed by atoms with Crippen LogP contribution in [0.5, 0.6) is 11.5 Å². The first-order valence-corrected chi connectivity index (χ1v) is 50.9. The summed E-state index contributed by atoms with van der Waals surface area (Å²) in [4.78, 5) is 99.9. The Balaban J connectivity index is 0.000000118. The summed E-state index contributed by atoms with van der Waals surface area (Å²) in [5, 5.41) is 20.3. The number of pyridine rings is 4. The second kappa shape index (κ2) is 44.0. The highest BCUT2D eigenvalue weighted by molar-refractivity contribution is 6.31. The number of piperazine rings is 4. The van der Waals surface area contributed by atoms with Gasteiger partial charge in [-0.2, -0.15) is 10.5 Å². The first-order chi connectivity index (χ1) is 70.8. The van der Waals surface area contributed by atoms with Gasteiger partial charge in [0.1, 0.15) is 34.1 Å². The molecule has 2 N–H and O–H groups in total. The maximum atomic E-state index is 13.1. The second-order valence-corrected chi connectivity index (χ2v) is 39.3. The largest absolute Gasteiger partial charge is 0.497 e. The number of nitrogens with zero attached hydrogens (tertiary/aromatic N) is 18. The lowest BCUT2D eigenvalue weighted by Gasteiger charge is -2.38. The van der Waals surface area contributed by atoms with E-state index in [1.54, 1.807) is 51.5 Å². The van der Waals surface area contributed by atoms with Crippen molar-refractivity contribution in [1.29, 1.82) is 10.5 Å². The number of imidazole rings is 4. The van der Waals surface area contributed by atoms with Crippen LogP contribution in [-0.2, 0) is 40.6 Å². The van der Waals surface area contributed by atoms with Crippen molar-refractivity contribution < 1.29 is 33.4 Å². The molecule has 0 bridgehead atoms. The number of methoxy groups -OCH3 is 2. The molecule has 16 aromatic rings. The molecule has 3 saturated carbocycles. The highest BCUT2D eigenvalue weighted by atomic mass is 35.5. The van der Waals surface area contributed by atoms with Crippen LogP contribution in [0.1, 0.15) is 124 Å². The van der Waals surface area contributed by atoms with Crippen LogP contribution in [0, 0.1) is 34.5 Å². The maximum Gasteiger partial charge on any atom is 0.253 e. The Kier molecular flexibility index (Phi) is 29.5. The van der Waals surface area contributed by atoms with Gasteiger partial charge in [-0.15, -0.1) is 0 Å². The number of ether oxygens (including phenoxy) is 2. The summed E-state index contributed by atoms with van der Waals surface area (Å²) in [6, 6.07) is 85.0. The number of rotatable bonds is 22. The van der Waals surface area contributed by atoms with E-state index in [-0.39, 0.29) is 23.7 Å². The molecular formula is C117H115Cl2N19O7. The van der Waals surface area contributed by atoms with Crippen molar-refractivity contribution in [1.82, 2.24) is 76.7 Å². The Bertz CT molecular complexity index is 7550. The molecule has 7 aliphatic rings. The minimum Gasteiger partial charge on any atom is -0.497 e. The number of amides is 5. The van der Waals surface area contributed by atoms with E-state index in [9.17, 15) is 34.5 Å². The maximum absolute atomic E-state index is 13.1. The number of carbonyl (C=O) groups is 5. The van der Waals surface area contributed by atoms with Gasteiger partial charge in [-0.05, 0) is 199 Å². The average molecular weight is 1970 g/mol. The Morgan fingerprint density at radius 1 is 0.366 bits per heavy atom. The molecule has 12 heterocycles. The van der Waals surface area contributed by atoms with Crippen LogP contribution in [0.4, 0.5) is 0 Å². The lowest BCUT2D eigenvalue weighted by atomic mass is 9.84. The topological polar surface area (TPSA) is 273 Å². The third-order valence-corrected chi connectivity index (χ3v) is 29.8. The van der Waals surface area contributed by atoms with Gasteiger partial charge in [0, 0.05) is 223 Å². The van der Waals surface area contributed by atoms with Gasteiger partial charge in [0.2, 0.25) is 23.6 Å². The zero-order chi connectivity index (χ0) is 99.7. The number of hydrogen-bond acceptors (Lipinski definition) is 17. The number of nitriles is 2. The van der Waals surface area contributed by atoms with Crippen molar-refractivity contribution in [2.75, 3.05) is 119 Å². The molecule has 7 fully saturated rings. The number of fused-ring (bicyclic) bond motifs is 4. The van der Waals surface area contributed by atoms with Gasteiger partial charge in [-0.1, -0.05) is 163 Å². The van der Waals surface area contributed by atoms with E-state index < -0.39 is 5.91 Å². The van der Waals surface area contributed by atoms with Gasteiger partial charge >= 0.3 is 0 Å². The zero-order valence-corrected chi connectivity index (χ0v) is 83.3. The molecule has 0 atom stereocenters. The van der Waals surface area contributed by atoms with Crippen molar-refractivity contribution in [2.45, 2.75) is 90.4 Å². The minimum atomic E-state index is -0.456. The lowest BCUT2D eigenvalue weighted by molar-refractivity contribution is -0.140. The third kappa shape index (κ3) is 21.9. The van der Waals surface area contributed by atoms with Gasteiger partial charge in [0.05, 0.1) is 83.0 Å². The molecule has 28 heteroatoms. The summed E-state index contributed by atoms with van der Waals surface area (Å²) in [6.45, 7) is 17.0. The van der Waals surface area contributed by atoms with Crippen molar-refractivity contribution in [2.24, 2.45) is 17.6 Å². The van der Waals surface area contributed by atoms with Crippen LogP contribution >= 0.6 is 23.2 Å². The predicted octanol–water partition coefficient (Wildman–Crippen LogP) is 19.6. The molecule has 3 aliphatic carbocycles. The van der Waals surface area contributed by atoms with Gasteiger partial charge in [-0.25, -0.2) is 19.9 Å². The Morgan fingerprint density at radius 3 is 1.19 bits per heavy atom.